The topological polar surface area (TPSA) is 80.5 Å². The van der Waals surface area contributed by atoms with Crippen LogP contribution in [0.2, 0.25) is 0 Å². The van der Waals surface area contributed by atoms with Crippen LogP contribution >= 0.6 is 0 Å². The predicted molar refractivity (Wildman–Crippen MR) is 59.2 cm³/mol. The van der Waals surface area contributed by atoms with Crippen LogP contribution in [0.5, 0.6) is 0 Å². The molecular weight excluding hydrogens is 222 g/mol. The van der Waals surface area contributed by atoms with Crippen molar-refractivity contribution in [2.75, 3.05) is 7.11 Å². The first-order valence-corrected chi connectivity index (χ1v) is 4.44. The highest BCUT2D eigenvalue weighted by atomic mass is 16.6. The monoisotopic (exact) mass is 229 g/mol. The Hall–Kier alpha value is -2.86. The molecular formula is C11H7N3O3. The van der Waals surface area contributed by atoms with Crippen LogP contribution in [0.3, 0.4) is 0 Å². The number of hydrogen-bond acceptors (Lipinski definition) is 4. The van der Waals surface area contributed by atoms with E-state index in [2.05, 4.69) is 4.85 Å². The van der Waals surface area contributed by atoms with Crippen LogP contribution in [-0.4, -0.2) is 12.0 Å². The number of methoxy groups -OCH3 is 1. The van der Waals surface area contributed by atoms with Gasteiger partial charge in [0.15, 0.2) is 0 Å². The zero-order valence-electron chi connectivity index (χ0n) is 8.88. The summed E-state index contributed by atoms with van der Waals surface area (Å²) in [6.07, 6.45) is 0. The molecule has 1 rings (SSSR count). The van der Waals surface area contributed by atoms with Gasteiger partial charge in [0.1, 0.15) is 5.76 Å². The van der Waals surface area contributed by atoms with Gasteiger partial charge in [-0.2, -0.15) is 0 Å². The molecule has 1 aromatic rings. The lowest BCUT2D eigenvalue weighted by molar-refractivity contribution is -0.384. The van der Waals surface area contributed by atoms with Crippen LogP contribution in [0.25, 0.3) is 10.6 Å². The Balaban J connectivity index is 3.26. The van der Waals surface area contributed by atoms with Gasteiger partial charge in [0.25, 0.3) is 5.69 Å². The molecule has 0 saturated carbocycles. The first kappa shape index (κ1) is 12.2. The number of ether oxygens (including phenoxy) is 1. The number of nitriles is 1. The van der Waals surface area contributed by atoms with E-state index in [9.17, 15) is 10.1 Å². The standard InChI is InChI=1S/C11H7N3O3/c1-13-10(7-12)11(17-2)8-3-5-9(6-4-8)14(15)16/h3-6H,2H3/b11-10+. The number of nitro groups is 1. The zero-order valence-corrected chi connectivity index (χ0v) is 8.88. The van der Waals surface area contributed by atoms with Gasteiger partial charge < -0.3 is 4.74 Å². The maximum absolute atomic E-state index is 10.5. The van der Waals surface area contributed by atoms with E-state index in [4.69, 9.17) is 16.6 Å². The molecule has 1 aromatic carbocycles. The van der Waals surface area contributed by atoms with Gasteiger partial charge in [-0.1, -0.05) is 0 Å². The van der Waals surface area contributed by atoms with Crippen LogP contribution in [-0.2, 0) is 4.74 Å². The van der Waals surface area contributed by atoms with Crippen LogP contribution in [0.1, 0.15) is 5.56 Å². The average molecular weight is 229 g/mol. The fraction of sp³-hybridized carbons (Fsp3) is 0.0909. The Kier molecular flexibility index (Phi) is 3.80. The van der Waals surface area contributed by atoms with E-state index >= 15 is 0 Å². The molecule has 0 fully saturated rings. The third-order valence-corrected chi connectivity index (χ3v) is 1.98. The molecule has 0 amide bonds. The Labute approximate surface area is 97.3 Å². The van der Waals surface area contributed by atoms with Crippen molar-refractivity contribution in [3.63, 3.8) is 0 Å². The number of nitro benzene ring substituents is 1. The SMILES string of the molecule is [C-]#[N+]/C(C#N)=C(/OC)c1ccc([N+](=O)[O-])cc1. The molecule has 0 aromatic heterocycles. The van der Waals surface area contributed by atoms with Gasteiger partial charge in [-0.3, -0.25) is 10.1 Å². The number of hydrogen-bond donors (Lipinski definition) is 0. The second-order valence-electron chi connectivity index (χ2n) is 2.91. The fourth-order valence-corrected chi connectivity index (χ4v) is 1.21. The van der Waals surface area contributed by atoms with Gasteiger partial charge in [-0.15, -0.1) is 0 Å². The number of benzene rings is 1. The molecule has 17 heavy (non-hydrogen) atoms. The highest BCUT2D eigenvalue weighted by molar-refractivity contribution is 5.68. The minimum atomic E-state index is -0.528. The van der Waals surface area contributed by atoms with Crippen molar-refractivity contribution < 1.29 is 9.66 Å². The lowest BCUT2D eigenvalue weighted by Gasteiger charge is -2.05. The van der Waals surface area contributed by atoms with Crippen LogP contribution in [0.4, 0.5) is 5.69 Å². The molecule has 0 radical (unpaired) electrons. The number of rotatable bonds is 3. The summed E-state index contributed by atoms with van der Waals surface area (Å²) in [5.41, 5.74) is 0.192. The van der Waals surface area contributed by atoms with Crippen molar-refractivity contribution in [2.24, 2.45) is 0 Å². The second-order valence-corrected chi connectivity index (χ2v) is 2.91. The molecule has 6 nitrogen and oxygen atoms in total. The minimum Gasteiger partial charge on any atom is -0.506 e. The lowest BCUT2D eigenvalue weighted by atomic mass is 10.1. The first-order chi connectivity index (χ1) is 8.13. The third-order valence-electron chi connectivity index (χ3n) is 1.98. The Morgan fingerprint density at radius 2 is 2.12 bits per heavy atom. The summed E-state index contributed by atoms with van der Waals surface area (Å²) < 4.78 is 4.95. The normalized spacial score (nSPS) is 10.8. The van der Waals surface area contributed by atoms with Crippen molar-refractivity contribution in [1.29, 1.82) is 5.26 Å². The molecule has 0 atom stereocenters. The highest BCUT2D eigenvalue weighted by Gasteiger charge is 2.11. The molecule has 0 aliphatic rings. The van der Waals surface area contributed by atoms with E-state index in [1.54, 1.807) is 6.07 Å². The van der Waals surface area contributed by atoms with E-state index in [-0.39, 0.29) is 17.1 Å². The van der Waals surface area contributed by atoms with E-state index in [1.807, 2.05) is 0 Å². The van der Waals surface area contributed by atoms with Gasteiger partial charge in [0, 0.05) is 17.7 Å². The van der Waals surface area contributed by atoms with Crippen LogP contribution < -0.4 is 0 Å². The van der Waals surface area contributed by atoms with E-state index in [0.29, 0.717) is 5.56 Å². The molecule has 0 aliphatic carbocycles. The van der Waals surface area contributed by atoms with E-state index in [0.717, 1.165) is 0 Å². The molecule has 0 aliphatic heterocycles. The quantitative estimate of drug-likeness (QED) is 0.262. The first-order valence-electron chi connectivity index (χ1n) is 4.44. The van der Waals surface area contributed by atoms with E-state index < -0.39 is 4.92 Å². The molecule has 0 saturated heterocycles. The Morgan fingerprint density at radius 3 is 2.47 bits per heavy atom. The molecule has 0 unspecified atom stereocenters. The number of nitrogens with zero attached hydrogens (tertiary/aromatic N) is 3. The number of allylic oxidation sites excluding steroid dienone is 1. The van der Waals surface area contributed by atoms with E-state index in [1.165, 1.54) is 31.4 Å². The van der Waals surface area contributed by atoms with Crippen molar-refractivity contribution in [2.45, 2.75) is 0 Å². The second kappa shape index (κ2) is 5.29. The van der Waals surface area contributed by atoms with Crippen molar-refractivity contribution in [3.05, 3.63) is 57.1 Å². The van der Waals surface area contributed by atoms with Gasteiger partial charge in [-0.25, -0.2) is 10.1 Å². The summed E-state index contributed by atoms with van der Waals surface area (Å²) in [4.78, 5) is 13.0. The Morgan fingerprint density at radius 1 is 1.53 bits per heavy atom. The summed E-state index contributed by atoms with van der Waals surface area (Å²) in [5, 5.41) is 19.2. The summed E-state index contributed by atoms with van der Waals surface area (Å²) in [6.45, 7) is 6.81. The Bertz CT molecular complexity index is 531. The highest BCUT2D eigenvalue weighted by Crippen LogP contribution is 2.22. The maximum atomic E-state index is 10.5. The average Bonchev–Trinajstić information content (AvgIpc) is 2.36. The molecule has 6 heteroatoms. The van der Waals surface area contributed by atoms with Crippen molar-refractivity contribution in [1.82, 2.24) is 0 Å². The van der Waals surface area contributed by atoms with Gasteiger partial charge in [0.2, 0.25) is 0 Å². The predicted octanol–water partition coefficient (Wildman–Crippen LogP) is 2.35. The number of non-ortho nitro benzene ring substituents is 1. The summed E-state index contributed by atoms with van der Waals surface area (Å²) in [6, 6.07) is 7.14. The smallest absolute Gasteiger partial charge is 0.303 e. The van der Waals surface area contributed by atoms with Crippen LogP contribution in [0.15, 0.2) is 30.0 Å². The van der Waals surface area contributed by atoms with Gasteiger partial charge in [0.05, 0.1) is 24.7 Å². The molecule has 0 spiro atoms. The largest absolute Gasteiger partial charge is 0.506 e. The van der Waals surface area contributed by atoms with Crippen LogP contribution in [0, 0.1) is 28.0 Å². The van der Waals surface area contributed by atoms with Crippen molar-refractivity contribution >= 4 is 11.4 Å². The van der Waals surface area contributed by atoms with Gasteiger partial charge in [-0.05, 0) is 12.1 Å². The molecule has 0 N–H and O–H groups in total. The minimum absolute atomic E-state index is 0.0643. The zero-order chi connectivity index (χ0) is 12.8. The molecule has 0 bridgehead atoms. The molecule has 84 valence electrons. The summed E-state index contributed by atoms with van der Waals surface area (Å²) in [5.74, 6) is 0.109. The summed E-state index contributed by atoms with van der Waals surface area (Å²) >= 11 is 0. The molecule has 0 heterocycles. The fourth-order valence-electron chi connectivity index (χ4n) is 1.21. The third kappa shape index (κ3) is 2.58. The van der Waals surface area contributed by atoms with Gasteiger partial charge >= 0.3 is 5.70 Å². The summed E-state index contributed by atoms with van der Waals surface area (Å²) in [7, 11) is 1.33. The maximum Gasteiger partial charge on any atom is 0.303 e. The lowest BCUT2D eigenvalue weighted by Crippen LogP contribution is -1.92. The van der Waals surface area contributed by atoms with Crippen molar-refractivity contribution in [3.8, 4) is 6.07 Å².